The van der Waals surface area contributed by atoms with Crippen LogP contribution in [0.25, 0.3) is 21.8 Å². The van der Waals surface area contributed by atoms with Gasteiger partial charge in [0.1, 0.15) is 0 Å². The summed E-state index contributed by atoms with van der Waals surface area (Å²) in [5.41, 5.74) is 3.67. The second-order valence-electron chi connectivity index (χ2n) is 7.36. The SMILES string of the molecule is COCC(CCCCNc1c2ccc(Cl)cc2nc2ccc(CO)cc12)COC. The van der Waals surface area contributed by atoms with Crippen LogP contribution in [0.5, 0.6) is 0 Å². The maximum absolute atomic E-state index is 9.54. The predicted molar refractivity (Wildman–Crippen MR) is 120 cm³/mol. The average Bonchev–Trinajstić information content (AvgIpc) is 2.72. The van der Waals surface area contributed by atoms with E-state index in [9.17, 15) is 5.11 Å². The first kappa shape index (κ1) is 21.8. The highest BCUT2D eigenvalue weighted by Crippen LogP contribution is 2.33. The van der Waals surface area contributed by atoms with Crippen molar-refractivity contribution >= 4 is 39.1 Å². The summed E-state index contributed by atoms with van der Waals surface area (Å²) in [6, 6.07) is 11.6. The number of hydrogen-bond donors (Lipinski definition) is 2. The number of benzene rings is 2. The highest BCUT2D eigenvalue weighted by molar-refractivity contribution is 6.31. The molecule has 1 aromatic heterocycles. The highest BCUT2D eigenvalue weighted by atomic mass is 35.5. The molecule has 3 aromatic rings. The van der Waals surface area contributed by atoms with Gasteiger partial charge in [0.25, 0.3) is 0 Å². The zero-order chi connectivity index (χ0) is 20.6. The highest BCUT2D eigenvalue weighted by Gasteiger charge is 2.11. The Morgan fingerprint density at radius 2 is 1.79 bits per heavy atom. The first-order chi connectivity index (χ1) is 14.2. The second kappa shape index (κ2) is 10.7. The number of rotatable bonds is 11. The Labute approximate surface area is 177 Å². The van der Waals surface area contributed by atoms with E-state index >= 15 is 0 Å². The smallest absolute Gasteiger partial charge is 0.0745 e. The van der Waals surface area contributed by atoms with Gasteiger partial charge in [0.15, 0.2) is 0 Å². The molecule has 6 heteroatoms. The predicted octanol–water partition coefficient (Wildman–Crippen LogP) is 5.02. The average molecular weight is 417 g/mol. The van der Waals surface area contributed by atoms with Gasteiger partial charge in [-0.2, -0.15) is 0 Å². The Morgan fingerprint density at radius 1 is 1.00 bits per heavy atom. The minimum absolute atomic E-state index is 0.00836. The van der Waals surface area contributed by atoms with Gasteiger partial charge in [-0.25, -0.2) is 4.98 Å². The maximum Gasteiger partial charge on any atom is 0.0745 e. The third kappa shape index (κ3) is 5.58. The summed E-state index contributed by atoms with van der Waals surface area (Å²) in [6.07, 6.45) is 3.22. The lowest BCUT2D eigenvalue weighted by atomic mass is 10.0. The van der Waals surface area contributed by atoms with Gasteiger partial charge < -0.3 is 19.9 Å². The number of ether oxygens (including phenoxy) is 2. The number of aromatic nitrogens is 1. The number of anilines is 1. The van der Waals surface area contributed by atoms with E-state index in [1.165, 1.54) is 0 Å². The van der Waals surface area contributed by atoms with Crippen molar-refractivity contribution in [3.05, 3.63) is 47.0 Å². The summed E-state index contributed by atoms with van der Waals surface area (Å²) >= 11 is 6.18. The monoisotopic (exact) mass is 416 g/mol. The number of hydrogen-bond acceptors (Lipinski definition) is 5. The van der Waals surface area contributed by atoms with Gasteiger partial charge in [-0.3, -0.25) is 0 Å². The van der Waals surface area contributed by atoms with Crippen LogP contribution in [-0.2, 0) is 16.1 Å². The van der Waals surface area contributed by atoms with Crippen molar-refractivity contribution in [2.45, 2.75) is 25.9 Å². The summed E-state index contributed by atoms with van der Waals surface area (Å²) in [4.78, 5) is 4.75. The summed E-state index contributed by atoms with van der Waals surface area (Å²) in [7, 11) is 3.47. The van der Waals surface area contributed by atoms with Crippen LogP contribution in [0.15, 0.2) is 36.4 Å². The topological polar surface area (TPSA) is 63.6 Å². The number of nitrogens with one attached hydrogen (secondary N) is 1. The summed E-state index contributed by atoms with van der Waals surface area (Å²) in [5, 5.41) is 15.9. The molecule has 0 saturated heterocycles. The number of nitrogens with zero attached hydrogens (tertiary/aromatic N) is 1. The number of halogens is 1. The molecule has 0 aliphatic rings. The van der Waals surface area contributed by atoms with Gasteiger partial charge >= 0.3 is 0 Å². The normalized spacial score (nSPS) is 11.6. The lowest BCUT2D eigenvalue weighted by molar-refractivity contribution is 0.0794. The van der Waals surface area contributed by atoms with Gasteiger partial charge in [-0.05, 0) is 48.7 Å². The molecule has 3 rings (SSSR count). The first-order valence-corrected chi connectivity index (χ1v) is 10.4. The van der Waals surface area contributed by atoms with Crippen LogP contribution in [0.4, 0.5) is 5.69 Å². The third-order valence-electron chi connectivity index (χ3n) is 5.13. The summed E-state index contributed by atoms with van der Waals surface area (Å²) in [6.45, 7) is 2.32. The van der Waals surface area contributed by atoms with E-state index in [1.54, 1.807) is 14.2 Å². The van der Waals surface area contributed by atoms with Crippen LogP contribution in [-0.4, -0.2) is 44.1 Å². The van der Waals surface area contributed by atoms with Crippen LogP contribution in [0.2, 0.25) is 5.02 Å². The van der Waals surface area contributed by atoms with Gasteiger partial charge in [0, 0.05) is 42.5 Å². The van der Waals surface area contributed by atoms with Crippen molar-refractivity contribution in [3.63, 3.8) is 0 Å². The third-order valence-corrected chi connectivity index (χ3v) is 5.36. The van der Waals surface area contributed by atoms with E-state index in [2.05, 4.69) is 5.32 Å². The van der Waals surface area contributed by atoms with E-state index in [0.29, 0.717) is 10.9 Å². The fraction of sp³-hybridized carbons (Fsp3) is 0.435. The number of unbranched alkanes of at least 4 members (excludes halogenated alkanes) is 1. The van der Waals surface area contributed by atoms with Gasteiger partial charge in [-0.15, -0.1) is 0 Å². The molecule has 5 nitrogen and oxygen atoms in total. The molecule has 0 aliphatic heterocycles. The number of fused-ring (bicyclic) bond motifs is 2. The van der Waals surface area contributed by atoms with Crippen molar-refractivity contribution in [1.29, 1.82) is 0 Å². The molecule has 2 N–H and O–H groups in total. The minimum Gasteiger partial charge on any atom is -0.392 e. The number of pyridine rings is 1. The Hall–Kier alpha value is -1.92. The molecule has 2 aromatic carbocycles. The fourth-order valence-electron chi connectivity index (χ4n) is 3.71. The lowest BCUT2D eigenvalue weighted by Gasteiger charge is -2.16. The van der Waals surface area contributed by atoms with Crippen LogP contribution >= 0.6 is 11.6 Å². The summed E-state index contributed by atoms with van der Waals surface area (Å²) in [5.74, 6) is 0.432. The molecule has 0 amide bonds. The molecule has 0 radical (unpaired) electrons. The van der Waals surface area contributed by atoms with Crippen LogP contribution < -0.4 is 5.32 Å². The molecule has 0 fully saturated rings. The second-order valence-corrected chi connectivity index (χ2v) is 7.79. The zero-order valence-electron chi connectivity index (χ0n) is 17.1. The zero-order valence-corrected chi connectivity index (χ0v) is 17.8. The molecule has 0 atom stereocenters. The van der Waals surface area contributed by atoms with E-state index in [4.69, 9.17) is 26.1 Å². The number of methoxy groups -OCH3 is 2. The first-order valence-electron chi connectivity index (χ1n) is 10.0. The van der Waals surface area contributed by atoms with Crippen LogP contribution in [0.1, 0.15) is 24.8 Å². The molecule has 1 heterocycles. The van der Waals surface area contributed by atoms with Crippen LogP contribution in [0.3, 0.4) is 0 Å². The van der Waals surface area contributed by atoms with Crippen molar-refractivity contribution in [1.82, 2.24) is 4.98 Å². The Morgan fingerprint density at radius 3 is 2.52 bits per heavy atom. The largest absolute Gasteiger partial charge is 0.392 e. The lowest BCUT2D eigenvalue weighted by Crippen LogP contribution is -2.15. The molecule has 0 spiro atoms. The number of aliphatic hydroxyl groups is 1. The Balaban J connectivity index is 1.77. The Kier molecular flexibility index (Phi) is 8.07. The molecular weight excluding hydrogens is 388 g/mol. The van der Waals surface area contributed by atoms with Crippen LogP contribution in [0, 0.1) is 5.92 Å². The minimum atomic E-state index is 0.00836. The standard InChI is InChI=1S/C23H29ClN2O3/c1-28-14-17(15-29-2)5-3-4-10-25-23-19-8-7-18(24)12-22(19)26-21-9-6-16(13-27)11-20(21)23/h6-9,11-12,17,27H,3-5,10,13-15H2,1-2H3,(H,25,26). The number of aliphatic hydroxyl groups excluding tert-OH is 1. The van der Waals surface area contributed by atoms with Crippen molar-refractivity contribution in [2.75, 3.05) is 39.3 Å². The fourth-order valence-corrected chi connectivity index (χ4v) is 3.88. The Bertz CT molecular complexity index is 942. The molecule has 29 heavy (non-hydrogen) atoms. The van der Waals surface area contributed by atoms with Crippen molar-refractivity contribution < 1.29 is 14.6 Å². The maximum atomic E-state index is 9.54. The van der Waals surface area contributed by atoms with E-state index in [1.807, 2.05) is 36.4 Å². The molecule has 0 saturated carbocycles. The molecule has 156 valence electrons. The van der Waals surface area contributed by atoms with E-state index in [-0.39, 0.29) is 6.61 Å². The van der Waals surface area contributed by atoms with Gasteiger partial charge in [-0.1, -0.05) is 24.1 Å². The van der Waals surface area contributed by atoms with E-state index in [0.717, 1.165) is 72.1 Å². The van der Waals surface area contributed by atoms with Gasteiger partial charge in [0.05, 0.1) is 36.5 Å². The van der Waals surface area contributed by atoms with Crippen molar-refractivity contribution in [3.8, 4) is 0 Å². The van der Waals surface area contributed by atoms with Gasteiger partial charge in [0.2, 0.25) is 0 Å². The molecular formula is C23H29ClN2O3. The quantitative estimate of drug-likeness (QED) is 0.339. The summed E-state index contributed by atoms with van der Waals surface area (Å²) < 4.78 is 10.6. The molecule has 0 bridgehead atoms. The van der Waals surface area contributed by atoms with Crippen molar-refractivity contribution in [2.24, 2.45) is 5.92 Å². The molecule has 0 unspecified atom stereocenters. The molecule has 0 aliphatic carbocycles. The van der Waals surface area contributed by atoms with E-state index < -0.39 is 0 Å².